The number of hydrogen-bond acceptors (Lipinski definition) is 2. The van der Waals surface area contributed by atoms with Crippen LogP contribution in [0.4, 0.5) is 8.78 Å². The number of hydrogen-bond donors (Lipinski definition) is 0. The number of carbonyl (C=O) groups is 1. The number of carbonyl (C=O) groups excluding carboxylic acids is 1. The topological polar surface area (TPSA) is 26.3 Å². The van der Waals surface area contributed by atoms with Crippen molar-refractivity contribution in [3.05, 3.63) is 48.1 Å². The highest BCUT2D eigenvalue weighted by Gasteiger charge is 2.14. The van der Waals surface area contributed by atoms with E-state index in [0.717, 1.165) is 6.07 Å². The Kier molecular flexibility index (Phi) is 4.12. The molecule has 0 aliphatic carbocycles. The minimum absolute atomic E-state index is 0.197. The van der Waals surface area contributed by atoms with Crippen LogP contribution in [0.1, 0.15) is 10.4 Å². The Bertz CT molecular complexity index is 375. The number of Topliss-reactive ketones (excluding diaryl/α,β-unsaturated/α-hetero) is 1. The molecule has 0 fully saturated rings. The average molecular weight is 212 g/mol. The SMILES string of the molecule is C=CCOCC(=O)c1cccc(F)c1F. The minimum Gasteiger partial charge on any atom is -0.369 e. The summed E-state index contributed by atoms with van der Waals surface area (Å²) in [6.07, 6.45) is 1.47. The lowest BCUT2D eigenvalue weighted by molar-refractivity contribution is 0.0801. The Morgan fingerprint density at radius 2 is 2.20 bits per heavy atom. The van der Waals surface area contributed by atoms with Gasteiger partial charge in [0.15, 0.2) is 17.4 Å². The molecule has 1 rings (SSSR count). The fraction of sp³-hybridized carbons (Fsp3) is 0.182. The van der Waals surface area contributed by atoms with Gasteiger partial charge in [-0.1, -0.05) is 12.1 Å². The van der Waals surface area contributed by atoms with Crippen LogP contribution in [0, 0.1) is 11.6 Å². The second-order valence-corrected chi connectivity index (χ2v) is 2.83. The largest absolute Gasteiger partial charge is 0.369 e. The fourth-order valence-electron chi connectivity index (χ4n) is 1.03. The third-order valence-electron chi connectivity index (χ3n) is 1.72. The average Bonchev–Trinajstić information content (AvgIpc) is 2.22. The summed E-state index contributed by atoms with van der Waals surface area (Å²) in [4.78, 5) is 11.3. The third-order valence-corrected chi connectivity index (χ3v) is 1.72. The van der Waals surface area contributed by atoms with Crippen LogP contribution >= 0.6 is 0 Å². The quantitative estimate of drug-likeness (QED) is 0.425. The normalized spacial score (nSPS) is 10.0. The molecule has 0 amide bonds. The van der Waals surface area contributed by atoms with Crippen LogP contribution in [0.15, 0.2) is 30.9 Å². The second kappa shape index (κ2) is 5.36. The van der Waals surface area contributed by atoms with Crippen LogP contribution in [0.3, 0.4) is 0 Å². The molecule has 0 aliphatic heterocycles. The highest BCUT2D eigenvalue weighted by Crippen LogP contribution is 2.11. The lowest BCUT2D eigenvalue weighted by atomic mass is 10.1. The van der Waals surface area contributed by atoms with E-state index >= 15 is 0 Å². The molecular weight excluding hydrogens is 202 g/mol. The standard InChI is InChI=1S/C11H10F2O2/c1-2-6-15-7-10(14)8-4-3-5-9(12)11(8)13/h2-5H,1,6-7H2. The first kappa shape index (κ1) is 11.5. The summed E-state index contributed by atoms with van der Waals surface area (Å²) in [5.74, 6) is -2.76. The Morgan fingerprint density at radius 1 is 1.47 bits per heavy atom. The highest BCUT2D eigenvalue weighted by molar-refractivity contribution is 5.97. The molecule has 0 unspecified atom stereocenters. The fourth-order valence-corrected chi connectivity index (χ4v) is 1.03. The van der Waals surface area contributed by atoms with E-state index in [2.05, 4.69) is 6.58 Å². The molecule has 80 valence electrons. The predicted octanol–water partition coefficient (Wildman–Crippen LogP) is 2.35. The van der Waals surface area contributed by atoms with Crippen LogP contribution in [0.2, 0.25) is 0 Å². The molecule has 0 N–H and O–H groups in total. The van der Waals surface area contributed by atoms with E-state index in [1.807, 2.05) is 0 Å². The Balaban J connectivity index is 2.73. The minimum atomic E-state index is -1.13. The Morgan fingerprint density at radius 3 is 2.87 bits per heavy atom. The predicted molar refractivity (Wildman–Crippen MR) is 51.7 cm³/mol. The van der Waals surface area contributed by atoms with Gasteiger partial charge in [0.05, 0.1) is 12.2 Å². The zero-order valence-corrected chi connectivity index (χ0v) is 8.00. The third kappa shape index (κ3) is 2.95. The lowest BCUT2D eigenvalue weighted by Crippen LogP contribution is -2.11. The van der Waals surface area contributed by atoms with Crippen LogP contribution in [0.25, 0.3) is 0 Å². The summed E-state index contributed by atoms with van der Waals surface area (Å²) in [5, 5.41) is 0. The monoisotopic (exact) mass is 212 g/mol. The molecule has 0 saturated heterocycles. The van der Waals surface area contributed by atoms with Crippen molar-refractivity contribution in [2.24, 2.45) is 0 Å². The molecule has 4 heteroatoms. The van der Waals surface area contributed by atoms with E-state index in [1.54, 1.807) is 0 Å². The molecule has 0 radical (unpaired) electrons. The molecule has 1 aromatic rings. The highest BCUT2D eigenvalue weighted by atomic mass is 19.2. The van der Waals surface area contributed by atoms with Gasteiger partial charge in [-0.05, 0) is 12.1 Å². The summed E-state index contributed by atoms with van der Waals surface area (Å²) in [6, 6.07) is 3.45. The number of halogens is 2. The summed E-state index contributed by atoms with van der Waals surface area (Å²) in [7, 11) is 0. The van der Waals surface area contributed by atoms with Gasteiger partial charge in [0.2, 0.25) is 0 Å². The van der Waals surface area contributed by atoms with Crippen LogP contribution in [0.5, 0.6) is 0 Å². The van der Waals surface area contributed by atoms with E-state index in [-0.39, 0.29) is 18.8 Å². The van der Waals surface area contributed by atoms with Crippen molar-refractivity contribution in [3.63, 3.8) is 0 Å². The van der Waals surface area contributed by atoms with Crippen molar-refractivity contribution < 1.29 is 18.3 Å². The van der Waals surface area contributed by atoms with Gasteiger partial charge < -0.3 is 4.74 Å². The van der Waals surface area contributed by atoms with Gasteiger partial charge in [-0.25, -0.2) is 8.78 Å². The second-order valence-electron chi connectivity index (χ2n) is 2.83. The molecule has 0 heterocycles. The molecule has 0 saturated carbocycles. The molecule has 2 nitrogen and oxygen atoms in total. The summed E-state index contributed by atoms with van der Waals surface area (Å²) >= 11 is 0. The van der Waals surface area contributed by atoms with Gasteiger partial charge in [-0.15, -0.1) is 6.58 Å². The number of ether oxygens (including phenoxy) is 1. The van der Waals surface area contributed by atoms with Crippen molar-refractivity contribution in [1.29, 1.82) is 0 Å². The Hall–Kier alpha value is -1.55. The zero-order chi connectivity index (χ0) is 11.3. The van der Waals surface area contributed by atoms with Crippen molar-refractivity contribution in [2.45, 2.75) is 0 Å². The maximum Gasteiger partial charge on any atom is 0.191 e. The number of benzene rings is 1. The van der Waals surface area contributed by atoms with Gasteiger partial charge in [0.25, 0.3) is 0 Å². The van der Waals surface area contributed by atoms with Gasteiger partial charge in [-0.2, -0.15) is 0 Å². The van der Waals surface area contributed by atoms with E-state index in [9.17, 15) is 13.6 Å². The van der Waals surface area contributed by atoms with Gasteiger partial charge in [0.1, 0.15) is 6.61 Å². The molecule has 0 aliphatic rings. The molecule has 0 atom stereocenters. The van der Waals surface area contributed by atoms with Crippen LogP contribution in [-0.4, -0.2) is 19.0 Å². The maximum absolute atomic E-state index is 13.1. The zero-order valence-electron chi connectivity index (χ0n) is 8.00. The van der Waals surface area contributed by atoms with Crippen molar-refractivity contribution in [2.75, 3.05) is 13.2 Å². The first-order chi connectivity index (χ1) is 7.16. The van der Waals surface area contributed by atoms with E-state index in [1.165, 1.54) is 18.2 Å². The smallest absolute Gasteiger partial charge is 0.191 e. The van der Waals surface area contributed by atoms with Gasteiger partial charge in [0, 0.05) is 0 Å². The number of ketones is 1. The van der Waals surface area contributed by atoms with Crippen molar-refractivity contribution in [3.8, 4) is 0 Å². The first-order valence-electron chi connectivity index (χ1n) is 4.32. The van der Waals surface area contributed by atoms with E-state index in [4.69, 9.17) is 4.74 Å². The molecular formula is C11H10F2O2. The van der Waals surface area contributed by atoms with Crippen LogP contribution < -0.4 is 0 Å². The van der Waals surface area contributed by atoms with E-state index < -0.39 is 17.4 Å². The molecule has 0 spiro atoms. The van der Waals surface area contributed by atoms with Gasteiger partial charge >= 0.3 is 0 Å². The first-order valence-corrected chi connectivity index (χ1v) is 4.32. The van der Waals surface area contributed by atoms with Crippen molar-refractivity contribution in [1.82, 2.24) is 0 Å². The number of rotatable bonds is 5. The lowest BCUT2D eigenvalue weighted by Gasteiger charge is -2.02. The summed E-state index contributed by atoms with van der Waals surface area (Å²) in [5.41, 5.74) is -0.293. The molecule has 0 aromatic heterocycles. The summed E-state index contributed by atoms with van der Waals surface area (Å²) in [6.45, 7) is 3.30. The molecule has 1 aromatic carbocycles. The molecule has 0 bridgehead atoms. The Labute approximate surface area is 86.2 Å². The van der Waals surface area contributed by atoms with Gasteiger partial charge in [-0.3, -0.25) is 4.79 Å². The van der Waals surface area contributed by atoms with E-state index in [0.29, 0.717) is 0 Å². The van der Waals surface area contributed by atoms with Crippen molar-refractivity contribution >= 4 is 5.78 Å². The summed E-state index contributed by atoms with van der Waals surface area (Å²) < 4.78 is 30.7. The maximum atomic E-state index is 13.1. The van der Waals surface area contributed by atoms with Crippen LogP contribution in [-0.2, 0) is 4.74 Å². The molecule has 15 heavy (non-hydrogen) atoms.